The minimum absolute atomic E-state index is 0. The minimum Gasteiger partial charge on any atom is -0.237 e. The number of halogens is 2. The van der Waals surface area contributed by atoms with Gasteiger partial charge in [-0.1, -0.05) is 30.6 Å². The van der Waals surface area contributed by atoms with Gasteiger partial charge in [-0.25, -0.2) is 9.97 Å². The molecular formula is C10H10Cl2N2. The van der Waals surface area contributed by atoms with E-state index >= 15 is 0 Å². The summed E-state index contributed by atoms with van der Waals surface area (Å²) in [6.07, 6.45) is 1.66. The molecule has 0 amide bonds. The molecule has 0 aliphatic rings. The van der Waals surface area contributed by atoms with E-state index in [1.807, 2.05) is 19.1 Å². The Morgan fingerprint density at radius 2 is 2.00 bits per heavy atom. The Balaban J connectivity index is 0.000000980. The van der Waals surface area contributed by atoms with Gasteiger partial charge in [-0.2, -0.15) is 0 Å². The van der Waals surface area contributed by atoms with Crippen LogP contribution in [0, 0.1) is 6.92 Å². The van der Waals surface area contributed by atoms with E-state index < -0.39 is 0 Å². The van der Waals surface area contributed by atoms with E-state index in [1.165, 1.54) is 0 Å². The van der Waals surface area contributed by atoms with Crippen LogP contribution in [0.2, 0.25) is 10.2 Å². The summed E-state index contributed by atoms with van der Waals surface area (Å²) >= 11 is 11.9. The Morgan fingerprint density at radius 1 is 1.29 bits per heavy atom. The van der Waals surface area contributed by atoms with Gasteiger partial charge >= 0.3 is 0 Å². The van der Waals surface area contributed by atoms with E-state index in [9.17, 15) is 0 Å². The lowest BCUT2D eigenvalue weighted by atomic mass is 10.2. The van der Waals surface area contributed by atoms with Gasteiger partial charge in [0.15, 0.2) is 5.65 Å². The Bertz CT molecular complexity index is 469. The molecule has 0 saturated carbocycles. The van der Waals surface area contributed by atoms with Crippen molar-refractivity contribution in [3.05, 3.63) is 34.1 Å². The number of hydrogen-bond acceptors (Lipinski definition) is 2. The molecule has 0 spiro atoms. The smallest absolute Gasteiger partial charge is 0.162 e. The second kappa shape index (κ2) is 4.11. The van der Waals surface area contributed by atoms with Crippen LogP contribution in [-0.2, 0) is 0 Å². The van der Waals surface area contributed by atoms with Crippen molar-refractivity contribution >= 4 is 34.2 Å². The van der Waals surface area contributed by atoms with Crippen molar-refractivity contribution < 1.29 is 0 Å². The lowest BCUT2D eigenvalue weighted by molar-refractivity contribution is 1.26. The van der Waals surface area contributed by atoms with Crippen molar-refractivity contribution in [1.29, 1.82) is 0 Å². The number of pyridine rings is 2. The van der Waals surface area contributed by atoms with Crippen molar-refractivity contribution in [2.24, 2.45) is 0 Å². The monoisotopic (exact) mass is 228 g/mol. The quantitative estimate of drug-likeness (QED) is 0.640. The minimum atomic E-state index is 0. The van der Waals surface area contributed by atoms with Crippen LogP contribution in [-0.4, -0.2) is 9.97 Å². The Kier molecular flexibility index (Phi) is 3.29. The summed E-state index contributed by atoms with van der Waals surface area (Å²) in [5.41, 5.74) is 1.38. The molecule has 0 fully saturated rings. The largest absolute Gasteiger partial charge is 0.237 e. The van der Waals surface area contributed by atoms with Crippen LogP contribution >= 0.6 is 23.2 Å². The van der Waals surface area contributed by atoms with Gasteiger partial charge in [0.2, 0.25) is 0 Å². The first-order chi connectivity index (χ1) is 6.20. The number of aromatic nitrogens is 2. The van der Waals surface area contributed by atoms with Crippen molar-refractivity contribution in [1.82, 2.24) is 9.97 Å². The molecule has 14 heavy (non-hydrogen) atoms. The molecular weight excluding hydrogens is 219 g/mol. The van der Waals surface area contributed by atoms with Gasteiger partial charge in [0.05, 0.1) is 5.02 Å². The van der Waals surface area contributed by atoms with Crippen molar-refractivity contribution in [3.8, 4) is 0 Å². The molecule has 2 nitrogen and oxygen atoms in total. The van der Waals surface area contributed by atoms with Crippen LogP contribution in [0.4, 0.5) is 0 Å². The second-order valence-electron chi connectivity index (χ2n) is 2.72. The highest BCUT2D eigenvalue weighted by Gasteiger charge is 2.07. The lowest BCUT2D eigenvalue weighted by Gasteiger charge is -2.03. The predicted molar refractivity (Wildman–Crippen MR) is 61.0 cm³/mol. The molecule has 0 saturated heterocycles. The molecule has 0 radical (unpaired) electrons. The highest BCUT2D eigenvalue weighted by molar-refractivity contribution is 6.38. The molecule has 2 rings (SSSR count). The number of nitrogens with zero attached hydrogens (tertiary/aromatic N) is 2. The first-order valence-electron chi connectivity index (χ1n) is 3.76. The van der Waals surface area contributed by atoms with Crippen LogP contribution in [0.3, 0.4) is 0 Å². The zero-order valence-corrected chi connectivity index (χ0v) is 8.39. The fraction of sp³-hybridized carbons (Fsp3) is 0.200. The standard InChI is InChI=1S/C9H6Cl2N2.CH4/c1-5-7(10)6-3-2-4-12-9(6)13-8(5)11;/h2-4H,1H3;1H4. The summed E-state index contributed by atoms with van der Waals surface area (Å²) in [5.74, 6) is 0. The highest BCUT2D eigenvalue weighted by Crippen LogP contribution is 2.28. The number of rotatable bonds is 0. The third kappa shape index (κ3) is 1.68. The Hall–Kier alpha value is -0.860. The third-order valence-electron chi connectivity index (χ3n) is 1.87. The molecule has 0 unspecified atom stereocenters. The van der Waals surface area contributed by atoms with Gasteiger partial charge in [0, 0.05) is 17.1 Å². The summed E-state index contributed by atoms with van der Waals surface area (Å²) in [6.45, 7) is 1.84. The van der Waals surface area contributed by atoms with E-state index in [1.54, 1.807) is 6.20 Å². The summed E-state index contributed by atoms with van der Waals surface area (Å²) < 4.78 is 0. The van der Waals surface area contributed by atoms with E-state index in [-0.39, 0.29) is 7.43 Å². The summed E-state index contributed by atoms with van der Waals surface area (Å²) in [7, 11) is 0. The van der Waals surface area contributed by atoms with Gasteiger partial charge in [-0.05, 0) is 19.1 Å². The molecule has 0 N–H and O–H groups in total. The fourth-order valence-corrected chi connectivity index (χ4v) is 1.59. The van der Waals surface area contributed by atoms with Crippen LogP contribution in [0.5, 0.6) is 0 Å². The van der Waals surface area contributed by atoms with Crippen LogP contribution < -0.4 is 0 Å². The van der Waals surface area contributed by atoms with Crippen molar-refractivity contribution in [3.63, 3.8) is 0 Å². The van der Waals surface area contributed by atoms with Gasteiger partial charge in [-0.3, -0.25) is 0 Å². The van der Waals surface area contributed by atoms with Gasteiger partial charge in [-0.15, -0.1) is 0 Å². The van der Waals surface area contributed by atoms with Crippen LogP contribution in [0.25, 0.3) is 11.0 Å². The molecule has 0 aliphatic carbocycles. The maximum Gasteiger partial charge on any atom is 0.162 e. The van der Waals surface area contributed by atoms with E-state index in [0.29, 0.717) is 15.8 Å². The average Bonchev–Trinajstić information content (AvgIpc) is 2.15. The maximum absolute atomic E-state index is 6.07. The number of fused-ring (bicyclic) bond motifs is 1. The normalized spacial score (nSPS) is 9.93. The third-order valence-corrected chi connectivity index (χ3v) is 2.72. The molecule has 4 heteroatoms. The second-order valence-corrected chi connectivity index (χ2v) is 3.45. The predicted octanol–water partition coefficient (Wildman–Crippen LogP) is 3.88. The number of hydrogen-bond donors (Lipinski definition) is 0. The molecule has 0 atom stereocenters. The zero-order chi connectivity index (χ0) is 9.42. The molecule has 2 aromatic rings. The van der Waals surface area contributed by atoms with E-state index in [4.69, 9.17) is 23.2 Å². The van der Waals surface area contributed by atoms with Crippen molar-refractivity contribution in [2.45, 2.75) is 14.4 Å². The SMILES string of the molecule is C.Cc1c(Cl)nc2ncccc2c1Cl. The summed E-state index contributed by atoms with van der Waals surface area (Å²) in [4.78, 5) is 8.17. The molecule has 2 aromatic heterocycles. The lowest BCUT2D eigenvalue weighted by Crippen LogP contribution is -1.88. The van der Waals surface area contributed by atoms with E-state index in [0.717, 1.165) is 10.9 Å². The molecule has 74 valence electrons. The van der Waals surface area contributed by atoms with Crippen LogP contribution in [0.15, 0.2) is 18.3 Å². The van der Waals surface area contributed by atoms with Crippen LogP contribution in [0.1, 0.15) is 13.0 Å². The Morgan fingerprint density at radius 3 is 2.71 bits per heavy atom. The molecule has 0 aliphatic heterocycles. The molecule has 0 bridgehead atoms. The van der Waals surface area contributed by atoms with Gasteiger partial charge in [0.25, 0.3) is 0 Å². The molecule has 2 heterocycles. The summed E-state index contributed by atoms with van der Waals surface area (Å²) in [6, 6.07) is 3.70. The first-order valence-corrected chi connectivity index (χ1v) is 4.52. The highest BCUT2D eigenvalue weighted by atomic mass is 35.5. The zero-order valence-electron chi connectivity index (χ0n) is 6.88. The fourth-order valence-electron chi connectivity index (χ4n) is 1.13. The maximum atomic E-state index is 6.07. The average molecular weight is 229 g/mol. The van der Waals surface area contributed by atoms with Gasteiger partial charge in [0.1, 0.15) is 5.15 Å². The Labute approximate surface area is 92.9 Å². The summed E-state index contributed by atoms with van der Waals surface area (Å²) in [5, 5.41) is 1.88. The first kappa shape index (κ1) is 11.2. The van der Waals surface area contributed by atoms with Crippen molar-refractivity contribution in [2.75, 3.05) is 0 Å². The van der Waals surface area contributed by atoms with E-state index in [2.05, 4.69) is 9.97 Å². The topological polar surface area (TPSA) is 25.8 Å². The van der Waals surface area contributed by atoms with Gasteiger partial charge < -0.3 is 0 Å². The molecule has 0 aromatic carbocycles.